The number of morpholine rings is 1. The summed E-state index contributed by atoms with van der Waals surface area (Å²) >= 11 is 0. The Morgan fingerprint density at radius 1 is 1.29 bits per heavy atom. The van der Waals surface area contributed by atoms with Crippen LogP contribution in [0.4, 0.5) is 0 Å². The van der Waals surface area contributed by atoms with Gasteiger partial charge in [-0.15, -0.1) is 0 Å². The van der Waals surface area contributed by atoms with Gasteiger partial charge in [0, 0.05) is 38.5 Å². The summed E-state index contributed by atoms with van der Waals surface area (Å²) in [6, 6.07) is 0.328. The highest BCUT2D eigenvalue weighted by Gasteiger charge is 2.40. The molecule has 0 aromatic carbocycles. The summed E-state index contributed by atoms with van der Waals surface area (Å²) < 4.78 is 28.6. The van der Waals surface area contributed by atoms with Crippen LogP contribution in [0.1, 0.15) is 20.3 Å². The summed E-state index contributed by atoms with van der Waals surface area (Å²) in [6.07, 6.45) is 2.13. The van der Waals surface area contributed by atoms with Gasteiger partial charge in [0.15, 0.2) is 9.84 Å². The van der Waals surface area contributed by atoms with Crippen LogP contribution in [0.2, 0.25) is 0 Å². The van der Waals surface area contributed by atoms with E-state index in [1.807, 2.05) is 0 Å². The Bertz CT molecular complexity index is 473. The van der Waals surface area contributed by atoms with Crippen molar-refractivity contribution in [1.82, 2.24) is 9.80 Å². The minimum Gasteiger partial charge on any atom is -0.379 e. The van der Waals surface area contributed by atoms with Crippen LogP contribution in [0, 0.1) is 5.92 Å². The van der Waals surface area contributed by atoms with Crippen LogP contribution < -0.4 is 0 Å². The second kappa shape index (κ2) is 6.62. The third kappa shape index (κ3) is 3.76. The van der Waals surface area contributed by atoms with E-state index in [1.165, 1.54) is 6.92 Å². The summed E-state index contributed by atoms with van der Waals surface area (Å²) in [7, 11) is -3.33. The van der Waals surface area contributed by atoms with Gasteiger partial charge >= 0.3 is 0 Å². The van der Waals surface area contributed by atoms with E-state index in [2.05, 4.69) is 11.8 Å². The molecule has 0 bridgehead atoms. The number of likely N-dealkylation sites (tertiary alicyclic amines) is 1. The molecule has 7 heteroatoms. The highest BCUT2D eigenvalue weighted by atomic mass is 32.2. The topological polar surface area (TPSA) is 66.9 Å². The van der Waals surface area contributed by atoms with Crippen molar-refractivity contribution in [3.05, 3.63) is 0 Å². The molecule has 2 rings (SSSR count). The Kier molecular flexibility index (Phi) is 5.27. The molecule has 0 radical (unpaired) electrons. The average Bonchev–Trinajstić information content (AvgIpc) is 2.90. The summed E-state index contributed by atoms with van der Waals surface area (Å²) in [5.41, 5.74) is 0. The molecule has 0 saturated carbocycles. The van der Waals surface area contributed by atoms with Crippen molar-refractivity contribution in [2.45, 2.75) is 31.6 Å². The Balaban J connectivity index is 2.05. The van der Waals surface area contributed by atoms with E-state index in [9.17, 15) is 13.2 Å². The number of carbonyl (C=O) groups excluding carboxylic acids is 1. The van der Waals surface area contributed by atoms with Gasteiger partial charge in [0.2, 0.25) is 5.91 Å². The molecule has 2 fully saturated rings. The lowest BCUT2D eigenvalue weighted by molar-refractivity contribution is -0.129. The second-order valence-corrected chi connectivity index (χ2v) is 8.47. The summed E-state index contributed by atoms with van der Waals surface area (Å²) in [5.74, 6) is 0.158. The van der Waals surface area contributed by atoms with Gasteiger partial charge in [0.05, 0.1) is 13.2 Å². The van der Waals surface area contributed by atoms with Crippen molar-refractivity contribution in [2.24, 2.45) is 5.92 Å². The van der Waals surface area contributed by atoms with Gasteiger partial charge in [-0.1, -0.05) is 13.3 Å². The molecule has 6 nitrogen and oxygen atoms in total. The lowest BCUT2D eigenvalue weighted by atomic mass is 9.99. The van der Waals surface area contributed by atoms with Crippen LogP contribution in [-0.2, 0) is 19.4 Å². The number of ether oxygens (including phenoxy) is 1. The molecule has 3 atom stereocenters. The third-order valence-corrected chi connectivity index (χ3v) is 6.23. The molecule has 0 spiro atoms. The standard InChI is InChI=1S/C14H26N2O4S/c1-4-12-9-16(14(17)11(2)21(3,18)19)10-13(12)15-5-7-20-8-6-15/h11-13H,4-10H2,1-3H3/t11-,12-,13+/m1/s1. The first-order chi connectivity index (χ1) is 9.84. The first-order valence-corrected chi connectivity index (χ1v) is 9.59. The second-order valence-electron chi connectivity index (χ2n) is 6.10. The largest absolute Gasteiger partial charge is 0.379 e. The van der Waals surface area contributed by atoms with Gasteiger partial charge in [0.25, 0.3) is 0 Å². The van der Waals surface area contributed by atoms with Crippen LogP contribution in [-0.4, -0.2) is 81.1 Å². The summed E-state index contributed by atoms with van der Waals surface area (Å²) in [4.78, 5) is 16.5. The number of rotatable bonds is 4. The van der Waals surface area contributed by atoms with Crippen molar-refractivity contribution in [2.75, 3.05) is 45.6 Å². The third-order valence-electron chi connectivity index (χ3n) is 4.75. The molecule has 0 unspecified atom stereocenters. The van der Waals surface area contributed by atoms with Crippen molar-refractivity contribution >= 4 is 15.7 Å². The molecule has 1 amide bonds. The van der Waals surface area contributed by atoms with Crippen molar-refractivity contribution in [3.63, 3.8) is 0 Å². The van der Waals surface area contributed by atoms with Gasteiger partial charge in [-0.3, -0.25) is 9.69 Å². The molecule has 0 aromatic heterocycles. The zero-order chi connectivity index (χ0) is 15.6. The van der Waals surface area contributed by atoms with Crippen molar-refractivity contribution < 1.29 is 17.9 Å². The lowest BCUT2D eigenvalue weighted by Crippen LogP contribution is -2.48. The SMILES string of the molecule is CC[C@@H]1CN(C(=O)[C@@H](C)S(C)(=O)=O)C[C@@H]1N1CCOCC1. The van der Waals surface area contributed by atoms with Gasteiger partial charge in [-0.05, 0) is 12.8 Å². The molecule has 21 heavy (non-hydrogen) atoms. The van der Waals surface area contributed by atoms with Crippen LogP contribution in [0.5, 0.6) is 0 Å². The highest BCUT2D eigenvalue weighted by Crippen LogP contribution is 2.26. The molecule has 0 aromatic rings. The Morgan fingerprint density at radius 2 is 1.90 bits per heavy atom. The van der Waals surface area contributed by atoms with E-state index in [-0.39, 0.29) is 5.91 Å². The molecular weight excluding hydrogens is 292 g/mol. The van der Waals surface area contributed by atoms with E-state index in [1.54, 1.807) is 4.90 Å². The number of hydrogen-bond acceptors (Lipinski definition) is 5. The number of hydrogen-bond donors (Lipinski definition) is 0. The minimum absolute atomic E-state index is 0.258. The number of amides is 1. The smallest absolute Gasteiger partial charge is 0.240 e. The molecule has 0 N–H and O–H groups in total. The molecule has 122 valence electrons. The molecule has 2 aliphatic rings. The van der Waals surface area contributed by atoms with E-state index in [0.29, 0.717) is 25.0 Å². The van der Waals surface area contributed by atoms with Gasteiger partial charge in [-0.2, -0.15) is 0 Å². The maximum absolute atomic E-state index is 12.4. The van der Waals surface area contributed by atoms with Gasteiger partial charge in [0.1, 0.15) is 5.25 Å². The van der Waals surface area contributed by atoms with Crippen LogP contribution in [0.15, 0.2) is 0 Å². The Hall–Kier alpha value is -0.660. The predicted octanol–water partition coefficient (Wildman–Crippen LogP) is -0.0113. The Morgan fingerprint density at radius 3 is 2.43 bits per heavy atom. The molecule has 0 aliphatic carbocycles. The monoisotopic (exact) mass is 318 g/mol. The fourth-order valence-corrected chi connectivity index (χ4v) is 3.71. The molecule has 2 heterocycles. The first-order valence-electron chi connectivity index (χ1n) is 7.64. The number of carbonyl (C=O) groups is 1. The summed E-state index contributed by atoms with van der Waals surface area (Å²) in [5, 5.41) is -0.946. The van der Waals surface area contributed by atoms with E-state index < -0.39 is 15.1 Å². The average molecular weight is 318 g/mol. The normalized spacial score (nSPS) is 29.6. The Labute approximate surface area is 127 Å². The quantitative estimate of drug-likeness (QED) is 0.729. The van der Waals surface area contributed by atoms with Gasteiger partial charge in [-0.25, -0.2) is 8.42 Å². The van der Waals surface area contributed by atoms with Crippen LogP contribution in [0.3, 0.4) is 0 Å². The van der Waals surface area contributed by atoms with Gasteiger partial charge < -0.3 is 9.64 Å². The van der Waals surface area contributed by atoms with Crippen LogP contribution >= 0.6 is 0 Å². The molecular formula is C14H26N2O4S. The maximum atomic E-state index is 12.4. The van der Waals surface area contributed by atoms with Crippen molar-refractivity contribution in [1.29, 1.82) is 0 Å². The lowest BCUT2D eigenvalue weighted by Gasteiger charge is -2.34. The molecule has 2 aliphatic heterocycles. The number of sulfone groups is 1. The maximum Gasteiger partial charge on any atom is 0.240 e. The first kappa shape index (κ1) is 16.7. The van der Waals surface area contributed by atoms with Crippen LogP contribution in [0.25, 0.3) is 0 Å². The van der Waals surface area contributed by atoms with E-state index in [0.717, 1.165) is 39.0 Å². The van der Waals surface area contributed by atoms with Crippen molar-refractivity contribution in [3.8, 4) is 0 Å². The zero-order valence-electron chi connectivity index (χ0n) is 13.1. The minimum atomic E-state index is -3.33. The van der Waals surface area contributed by atoms with E-state index in [4.69, 9.17) is 4.74 Å². The predicted molar refractivity (Wildman–Crippen MR) is 80.8 cm³/mol. The fraction of sp³-hybridized carbons (Fsp3) is 0.929. The van der Waals surface area contributed by atoms with E-state index >= 15 is 0 Å². The summed E-state index contributed by atoms with van der Waals surface area (Å²) in [6.45, 7) is 8.18. The number of nitrogens with zero attached hydrogens (tertiary/aromatic N) is 2. The fourth-order valence-electron chi connectivity index (χ4n) is 3.20. The zero-order valence-corrected chi connectivity index (χ0v) is 13.9. The highest BCUT2D eigenvalue weighted by molar-refractivity contribution is 7.92. The molecule has 2 saturated heterocycles.